The Labute approximate surface area is 246 Å². The van der Waals surface area contributed by atoms with Gasteiger partial charge in [0.25, 0.3) is 0 Å². The molecule has 3 heterocycles. The fourth-order valence-corrected chi connectivity index (χ4v) is 4.57. The molecule has 0 bridgehead atoms. The van der Waals surface area contributed by atoms with Gasteiger partial charge in [0.15, 0.2) is 0 Å². The van der Waals surface area contributed by atoms with E-state index in [4.69, 9.17) is 18.9 Å². The number of para-hydroxylation sites is 2. The van der Waals surface area contributed by atoms with E-state index >= 15 is 0 Å². The van der Waals surface area contributed by atoms with Crippen molar-refractivity contribution in [1.29, 1.82) is 0 Å². The third-order valence-electron chi connectivity index (χ3n) is 6.85. The van der Waals surface area contributed by atoms with Crippen molar-refractivity contribution >= 4 is 0 Å². The molecule has 0 N–H and O–H groups in total. The molecule has 224 valence electrons. The van der Waals surface area contributed by atoms with Crippen LogP contribution in [0, 0.1) is 0 Å². The summed E-state index contributed by atoms with van der Waals surface area (Å²) >= 11 is 0. The van der Waals surface area contributed by atoms with Crippen LogP contribution in [0.4, 0.5) is 0 Å². The number of nitrogens with zero attached hydrogens (tertiary/aromatic N) is 8. The molecule has 2 aromatic carbocycles. The second-order valence-corrected chi connectivity index (χ2v) is 9.98. The second-order valence-electron chi connectivity index (χ2n) is 9.98. The minimum atomic E-state index is 0.545. The van der Waals surface area contributed by atoms with E-state index in [0.29, 0.717) is 65.9 Å². The molecule has 4 aromatic rings. The molecule has 0 atom stereocenters. The molecule has 0 radical (unpaired) electrons. The molecule has 0 saturated carbocycles. The van der Waals surface area contributed by atoms with Crippen LogP contribution in [-0.4, -0.2) is 119 Å². The van der Waals surface area contributed by atoms with Crippen molar-refractivity contribution in [2.45, 2.75) is 13.1 Å². The average molecular weight is 577 g/mol. The normalized spacial score (nSPS) is 17.9. The van der Waals surface area contributed by atoms with Crippen molar-refractivity contribution in [2.75, 3.05) is 79.0 Å². The van der Waals surface area contributed by atoms with Crippen molar-refractivity contribution in [3.8, 4) is 11.4 Å². The molecule has 5 rings (SSSR count). The zero-order chi connectivity index (χ0) is 28.7. The van der Waals surface area contributed by atoms with Gasteiger partial charge in [-0.15, -0.1) is 10.2 Å². The van der Waals surface area contributed by atoms with Gasteiger partial charge >= 0.3 is 0 Å². The molecule has 0 spiro atoms. The highest BCUT2D eigenvalue weighted by Gasteiger charge is 2.12. The van der Waals surface area contributed by atoms with Crippen molar-refractivity contribution in [2.24, 2.45) is 0 Å². The average Bonchev–Trinajstić information content (AvgIpc) is 3.70. The number of ether oxygens (including phenoxy) is 4. The van der Waals surface area contributed by atoms with Crippen LogP contribution < -0.4 is 0 Å². The molecule has 1 fully saturated rings. The molecular weight excluding hydrogens is 536 g/mol. The lowest BCUT2D eigenvalue weighted by molar-refractivity contribution is 0.00598. The van der Waals surface area contributed by atoms with Gasteiger partial charge in [-0.05, 0) is 24.3 Å². The summed E-state index contributed by atoms with van der Waals surface area (Å²) in [5.41, 5.74) is 3.78. The van der Waals surface area contributed by atoms with Crippen LogP contribution in [0.3, 0.4) is 0 Å². The van der Waals surface area contributed by atoms with E-state index < -0.39 is 0 Å². The molecule has 2 aromatic heterocycles. The Bertz CT molecular complexity index is 1170. The number of benzene rings is 2. The highest BCUT2D eigenvalue weighted by atomic mass is 16.5. The molecule has 0 amide bonds. The summed E-state index contributed by atoms with van der Waals surface area (Å²) in [4.78, 5) is 4.55. The van der Waals surface area contributed by atoms with E-state index in [1.807, 2.05) is 73.1 Å². The first-order chi connectivity index (χ1) is 20.8. The summed E-state index contributed by atoms with van der Waals surface area (Å²) in [5.74, 6) is 0. The molecule has 12 nitrogen and oxygen atoms in total. The summed E-state index contributed by atoms with van der Waals surface area (Å²) in [6, 6.07) is 20.0. The van der Waals surface area contributed by atoms with E-state index in [1.54, 1.807) is 9.36 Å². The maximum absolute atomic E-state index is 5.89. The standard InChI is InChI=1S/C30H40N8O4/c1-3-7-29(8-4-1)37-25-27(31-33-37)23-35-11-15-39-19-21-41-17-13-36(14-18-42-22-20-40-16-12-35)24-28-26-38(34-32-28)30-9-5-2-6-10-30/h1-10,25-26H,11-24H2. The Kier molecular flexibility index (Phi) is 12.0. The largest absolute Gasteiger partial charge is 0.378 e. The van der Waals surface area contributed by atoms with Gasteiger partial charge in [-0.2, -0.15) is 0 Å². The van der Waals surface area contributed by atoms with Crippen LogP contribution >= 0.6 is 0 Å². The first kappa shape index (κ1) is 30.0. The molecular formula is C30H40N8O4. The Morgan fingerprint density at radius 3 is 1.19 bits per heavy atom. The van der Waals surface area contributed by atoms with E-state index in [2.05, 4.69) is 30.4 Å². The van der Waals surface area contributed by atoms with Crippen LogP contribution in [-0.2, 0) is 32.0 Å². The quantitative estimate of drug-likeness (QED) is 0.339. The minimum absolute atomic E-state index is 0.545. The smallest absolute Gasteiger partial charge is 0.0971 e. The van der Waals surface area contributed by atoms with Crippen LogP contribution in [0.2, 0.25) is 0 Å². The van der Waals surface area contributed by atoms with Crippen LogP contribution in [0.25, 0.3) is 11.4 Å². The van der Waals surface area contributed by atoms with Gasteiger partial charge in [-0.25, -0.2) is 9.36 Å². The molecule has 42 heavy (non-hydrogen) atoms. The molecule has 1 aliphatic heterocycles. The fourth-order valence-electron chi connectivity index (χ4n) is 4.57. The summed E-state index contributed by atoms with van der Waals surface area (Å²) in [6.07, 6.45) is 3.94. The lowest BCUT2D eigenvalue weighted by Crippen LogP contribution is -2.33. The molecule has 1 saturated heterocycles. The van der Waals surface area contributed by atoms with E-state index in [-0.39, 0.29) is 0 Å². The summed E-state index contributed by atoms with van der Waals surface area (Å²) in [6.45, 7) is 8.95. The Hall–Kier alpha value is -3.52. The maximum atomic E-state index is 5.89. The molecule has 0 unspecified atom stereocenters. The summed E-state index contributed by atoms with van der Waals surface area (Å²) in [5, 5.41) is 17.3. The summed E-state index contributed by atoms with van der Waals surface area (Å²) in [7, 11) is 0. The highest BCUT2D eigenvalue weighted by molar-refractivity contribution is 5.30. The van der Waals surface area contributed by atoms with Gasteiger partial charge in [0, 0.05) is 39.3 Å². The maximum Gasteiger partial charge on any atom is 0.0971 e. The number of aromatic nitrogens is 6. The van der Waals surface area contributed by atoms with Crippen LogP contribution in [0.5, 0.6) is 0 Å². The monoisotopic (exact) mass is 576 g/mol. The predicted octanol–water partition coefficient (Wildman–Crippen LogP) is 2.23. The van der Waals surface area contributed by atoms with Gasteiger partial charge in [0.2, 0.25) is 0 Å². The van der Waals surface area contributed by atoms with E-state index in [1.165, 1.54) is 0 Å². The highest BCUT2D eigenvalue weighted by Crippen LogP contribution is 2.09. The van der Waals surface area contributed by atoms with Gasteiger partial charge < -0.3 is 18.9 Å². The SMILES string of the molecule is c1ccc(-n2cc(CN3CCOCCOCCN(Cc4cn(-c5ccccc5)nn4)CCOCCOCC3)nn2)cc1. The molecule has 0 aliphatic carbocycles. The first-order valence-electron chi connectivity index (χ1n) is 14.5. The van der Waals surface area contributed by atoms with Gasteiger partial charge in [0.05, 0.1) is 88.0 Å². The van der Waals surface area contributed by atoms with E-state index in [9.17, 15) is 0 Å². The lowest BCUT2D eigenvalue weighted by atomic mass is 10.3. The van der Waals surface area contributed by atoms with Crippen LogP contribution in [0.1, 0.15) is 11.4 Å². The molecule has 1 aliphatic rings. The van der Waals surface area contributed by atoms with Crippen molar-refractivity contribution < 1.29 is 18.9 Å². The van der Waals surface area contributed by atoms with Gasteiger partial charge in [-0.1, -0.05) is 46.8 Å². The third kappa shape index (κ3) is 9.79. The zero-order valence-electron chi connectivity index (χ0n) is 24.0. The van der Waals surface area contributed by atoms with Crippen molar-refractivity contribution in [1.82, 2.24) is 39.8 Å². The second kappa shape index (κ2) is 16.8. The van der Waals surface area contributed by atoms with E-state index in [0.717, 1.165) is 48.9 Å². The minimum Gasteiger partial charge on any atom is -0.378 e. The Balaban J connectivity index is 1.07. The molecule has 12 heteroatoms. The number of hydrogen-bond acceptors (Lipinski definition) is 10. The zero-order valence-corrected chi connectivity index (χ0v) is 24.0. The lowest BCUT2D eigenvalue weighted by Gasteiger charge is -2.22. The predicted molar refractivity (Wildman–Crippen MR) is 157 cm³/mol. The Morgan fingerprint density at radius 2 is 0.833 bits per heavy atom. The topological polar surface area (TPSA) is 105 Å². The van der Waals surface area contributed by atoms with Crippen molar-refractivity contribution in [3.63, 3.8) is 0 Å². The van der Waals surface area contributed by atoms with Gasteiger partial charge in [0.1, 0.15) is 0 Å². The van der Waals surface area contributed by atoms with Crippen molar-refractivity contribution in [3.05, 3.63) is 84.4 Å². The first-order valence-corrected chi connectivity index (χ1v) is 14.5. The number of hydrogen-bond donors (Lipinski definition) is 0. The fraction of sp³-hybridized carbons (Fsp3) is 0.467. The number of rotatable bonds is 6. The van der Waals surface area contributed by atoms with Crippen LogP contribution in [0.15, 0.2) is 73.1 Å². The summed E-state index contributed by atoms with van der Waals surface area (Å²) < 4.78 is 27.1. The Morgan fingerprint density at radius 1 is 0.476 bits per heavy atom. The van der Waals surface area contributed by atoms with Gasteiger partial charge in [-0.3, -0.25) is 9.80 Å². The third-order valence-corrected chi connectivity index (χ3v) is 6.85.